The molecule has 1 aromatic carbocycles. The summed E-state index contributed by atoms with van der Waals surface area (Å²) in [5.74, 6) is 0.306. The first kappa shape index (κ1) is 17.8. The summed E-state index contributed by atoms with van der Waals surface area (Å²) in [7, 11) is 0. The molecule has 3 aliphatic heterocycles. The maximum Gasteiger partial charge on any atom is 0.236 e. The number of ether oxygens (including phenoxy) is 1. The predicted molar refractivity (Wildman–Crippen MR) is 104 cm³/mol. The topological polar surface area (TPSA) is 36.0 Å². The van der Waals surface area contributed by atoms with Gasteiger partial charge in [0, 0.05) is 57.0 Å². The van der Waals surface area contributed by atoms with E-state index in [9.17, 15) is 4.79 Å². The van der Waals surface area contributed by atoms with Crippen molar-refractivity contribution in [3.63, 3.8) is 0 Å². The first-order chi connectivity index (χ1) is 12.6. The molecular formula is C21H31N3O2. The van der Waals surface area contributed by atoms with Crippen LogP contribution in [0.15, 0.2) is 24.3 Å². The van der Waals surface area contributed by atoms with Gasteiger partial charge < -0.3 is 14.5 Å². The number of piperidine rings is 1. The number of rotatable bonds is 3. The van der Waals surface area contributed by atoms with E-state index in [1.165, 1.54) is 17.7 Å². The molecule has 4 rings (SSSR count). The average Bonchev–Trinajstić information content (AvgIpc) is 3.10. The Bertz CT molecular complexity index is 634. The molecule has 1 atom stereocenters. The number of amides is 1. The molecule has 0 aliphatic carbocycles. The molecule has 3 saturated heterocycles. The van der Waals surface area contributed by atoms with Crippen LogP contribution in [0.25, 0.3) is 0 Å². The van der Waals surface area contributed by atoms with Crippen LogP contribution in [0.4, 0.5) is 5.69 Å². The number of benzene rings is 1. The van der Waals surface area contributed by atoms with Crippen LogP contribution in [0.2, 0.25) is 0 Å². The minimum Gasteiger partial charge on any atom is -0.381 e. The fraction of sp³-hybridized carbons (Fsp3) is 0.667. The summed E-state index contributed by atoms with van der Waals surface area (Å²) in [5.41, 5.74) is 2.85. The van der Waals surface area contributed by atoms with Gasteiger partial charge in [0.25, 0.3) is 0 Å². The second-order valence-electron chi connectivity index (χ2n) is 8.32. The highest BCUT2D eigenvalue weighted by Gasteiger charge is 2.40. The number of anilines is 1. The summed E-state index contributed by atoms with van der Waals surface area (Å²) < 4.78 is 5.62. The molecule has 0 unspecified atom stereocenters. The van der Waals surface area contributed by atoms with E-state index in [-0.39, 0.29) is 5.41 Å². The third kappa shape index (κ3) is 3.89. The lowest BCUT2D eigenvalue weighted by atomic mass is 9.79. The van der Waals surface area contributed by atoms with E-state index < -0.39 is 0 Å². The zero-order chi connectivity index (χ0) is 18.0. The third-order valence-corrected chi connectivity index (χ3v) is 6.30. The van der Waals surface area contributed by atoms with Crippen LogP contribution < -0.4 is 4.90 Å². The Morgan fingerprint density at radius 2 is 2.00 bits per heavy atom. The van der Waals surface area contributed by atoms with Crippen molar-refractivity contribution in [1.29, 1.82) is 0 Å². The molecule has 0 radical (unpaired) electrons. The van der Waals surface area contributed by atoms with Crippen LogP contribution in [-0.2, 0) is 9.53 Å². The van der Waals surface area contributed by atoms with Gasteiger partial charge in [-0.1, -0.05) is 12.1 Å². The van der Waals surface area contributed by atoms with Crippen LogP contribution in [0.1, 0.15) is 24.8 Å². The standard InChI is InChI=1S/C21H31N3O2/c1-18-4-2-5-19(14-18)23-11-9-22(10-12-23)15-20(25)24-8-3-6-21(16-24)7-13-26-17-21/h2,4-5,14H,3,6-13,15-17H2,1H3/t21-/m1/s1. The second-order valence-corrected chi connectivity index (χ2v) is 8.32. The number of aryl methyl sites for hydroxylation is 1. The normalized spacial score (nSPS) is 27.3. The van der Waals surface area contributed by atoms with Crippen molar-refractivity contribution >= 4 is 11.6 Å². The monoisotopic (exact) mass is 357 g/mol. The summed E-state index contributed by atoms with van der Waals surface area (Å²) in [6, 6.07) is 8.70. The number of carbonyl (C=O) groups excluding carboxylic acids is 1. The summed E-state index contributed by atoms with van der Waals surface area (Å²) in [6.07, 6.45) is 3.45. The zero-order valence-corrected chi connectivity index (χ0v) is 16.0. The Morgan fingerprint density at radius 1 is 1.15 bits per heavy atom. The highest BCUT2D eigenvalue weighted by atomic mass is 16.5. The molecule has 1 spiro atoms. The van der Waals surface area contributed by atoms with Crippen LogP contribution >= 0.6 is 0 Å². The predicted octanol–water partition coefficient (Wildman–Crippen LogP) is 2.15. The fourth-order valence-electron chi connectivity index (χ4n) is 4.67. The third-order valence-electron chi connectivity index (χ3n) is 6.30. The van der Waals surface area contributed by atoms with E-state index in [0.717, 1.165) is 65.3 Å². The molecule has 3 fully saturated rings. The van der Waals surface area contributed by atoms with Gasteiger partial charge in [-0.3, -0.25) is 9.69 Å². The molecule has 1 amide bonds. The molecule has 3 heterocycles. The lowest BCUT2D eigenvalue weighted by Crippen LogP contribution is -2.53. The van der Waals surface area contributed by atoms with Gasteiger partial charge in [-0.05, 0) is 43.9 Å². The Kier molecular flexibility index (Phi) is 5.18. The lowest BCUT2D eigenvalue weighted by Gasteiger charge is -2.41. The number of nitrogens with zero attached hydrogens (tertiary/aromatic N) is 3. The average molecular weight is 357 g/mol. The SMILES string of the molecule is Cc1cccc(N2CCN(CC(=O)N3CCC[C@@]4(CCOC4)C3)CC2)c1. The van der Waals surface area contributed by atoms with Crippen molar-refractivity contribution in [2.45, 2.75) is 26.2 Å². The minimum atomic E-state index is 0.248. The maximum absolute atomic E-state index is 12.8. The van der Waals surface area contributed by atoms with E-state index in [2.05, 4.69) is 45.9 Å². The first-order valence-electron chi connectivity index (χ1n) is 10.0. The van der Waals surface area contributed by atoms with E-state index in [1.54, 1.807) is 0 Å². The molecule has 0 N–H and O–H groups in total. The van der Waals surface area contributed by atoms with Crippen LogP contribution in [0.3, 0.4) is 0 Å². The Labute approximate surface area is 156 Å². The van der Waals surface area contributed by atoms with Crippen LogP contribution in [-0.4, -0.2) is 74.7 Å². The summed E-state index contributed by atoms with van der Waals surface area (Å²) in [5, 5.41) is 0. The van der Waals surface area contributed by atoms with Crippen molar-refractivity contribution in [1.82, 2.24) is 9.80 Å². The molecule has 5 heteroatoms. The zero-order valence-electron chi connectivity index (χ0n) is 16.0. The Morgan fingerprint density at radius 3 is 2.73 bits per heavy atom. The van der Waals surface area contributed by atoms with Gasteiger partial charge in [-0.25, -0.2) is 0 Å². The minimum absolute atomic E-state index is 0.248. The molecule has 3 aliphatic rings. The highest BCUT2D eigenvalue weighted by molar-refractivity contribution is 5.78. The van der Waals surface area contributed by atoms with Crippen molar-refractivity contribution in [3.8, 4) is 0 Å². The van der Waals surface area contributed by atoms with Gasteiger partial charge in [0.2, 0.25) is 5.91 Å². The number of carbonyl (C=O) groups is 1. The number of hydrogen-bond donors (Lipinski definition) is 0. The Balaban J connectivity index is 1.28. The van der Waals surface area contributed by atoms with Gasteiger partial charge in [0.1, 0.15) is 0 Å². The highest BCUT2D eigenvalue weighted by Crippen LogP contribution is 2.37. The van der Waals surface area contributed by atoms with E-state index in [0.29, 0.717) is 12.5 Å². The summed E-state index contributed by atoms with van der Waals surface area (Å²) in [4.78, 5) is 19.7. The molecule has 1 aromatic rings. The van der Waals surface area contributed by atoms with Crippen molar-refractivity contribution in [2.24, 2.45) is 5.41 Å². The summed E-state index contributed by atoms with van der Waals surface area (Å²) >= 11 is 0. The number of likely N-dealkylation sites (tertiary alicyclic amines) is 1. The largest absolute Gasteiger partial charge is 0.381 e. The molecule has 26 heavy (non-hydrogen) atoms. The fourth-order valence-corrected chi connectivity index (χ4v) is 4.67. The van der Waals surface area contributed by atoms with Gasteiger partial charge >= 0.3 is 0 Å². The van der Waals surface area contributed by atoms with E-state index in [1.807, 2.05) is 0 Å². The van der Waals surface area contributed by atoms with Crippen molar-refractivity contribution < 1.29 is 9.53 Å². The molecule has 0 aromatic heterocycles. The smallest absolute Gasteiger partial charge is 0.236 e. The molecule has 142 valence electrons. The number of piperazine rings is 1. The summed E-state index contributed by atoms with van der Waals surface area (Å²) in [6.45, 7) is 10.1. The maximum atomic E-state index is 12.8. The number of hydrogen-bond acceptors (Lipinski definition) is 4. The van der Waals surface area contributed by atoms with Gasteiger partial charge in [-0.15, -0.1) is 0 Å². The second kappa shape index (κ2) is 7.57. The van der Waals surface area contributed by atoms with Crippen LogP contribution in [0, 0.1) is 12.3 Å². The van der Waals surface area contributed by atoms with Gasteiger partial charge in [0.15, 0.2) is 0 Å². The van der Waals surface area contributed by atoms with Gasteiger partial charge in [-0.2, -0.15) is 0 Å². The lowest BCUT2D eigenvalue weighted by molar-refractivity contribution is -0.136. The van der Waals surface area contributed by atoms with Crippen LogP contribution in [0.5, 0.6) is 0 Å². The quantitative estimate of drug-likeness (QED) is 0.830. The Hall–Kier alpha value is -1.59. The van der Waals surface area contributed by atoms with Gasteiger partial charge in [0.05, 0.1) is 13.2 Å². The van der Waals surface area contributed by atoms with Crippen molar-refractivity contribution in [3.05, 3.63) is 29.8 Å². The van der Waals surface area contributed by atoms with E-state index in [4.69, 9.17) is 4.74 Å². The molecular weight excluding hydrogens is 326 g/mol. The van der Waals surface area contributed by atoms with Crippen molar-refractivity contribution in [2.75, 3.05) is 63.9 Å². The molecule has 0 bridgehead atoms. The first-order valence-corrected chi connectivity index (χ1v) is 10.0. The molecule has 0 saturated carbocycles. The molecule has 5 nitrogen and oxygen atoms in total. The van der Waals surface area contributed by atoms with E-state index >= 15 is 0 Å².